The second-order valence-electron chi connectivity index (χ2n) is 6.34. The number of alkyl halides is 1. The molecule has 4 rings (SSSR count). The van der Waals surface area contributed by atoms with E-state index in [0.717, 1.165) is 30.5 Å². The fourth-order valence-electron chi connectivity index (χ4n) is 3.59. The number of rotatable bonds is 1. The number of aromatic nitrogens is 3. The molecule has 22 heavy (non-hydrogen) atoms. The number of hydrogen-bond acceptors (Lipinski definition) is 4. The molecule has 1 saturated carbocycles. The van der Waals surface area contributed by atoms with Crippen molar-refractivity contribution >= 4 is 16.7 Å². The molecule has 3 unspecified atom stereocenters. The highest BCUT2D eigenvalue weighted by Crippen LogP contribution is 2.47. The van der Waals surface area contributed by atoms with Crippen molar-refractivity contribution in [2.75, 3.05) is 11.4 Å². The molecule has 0 radical (unpaired) electrons. The van der Waals surface area contributed by atoms with Crippen LogP contribution >= 0.6 is 0 Å². The molecule has 2 aromatic heterocycles. The zero-order chi connectivity index (χ0) is 15.4. The lowest BCUT2D eigenvalue weighted by molar-refractivity contribution is 0.419. The summed E-state index contributed by atoms with van der Waals surface area (Å²) in [6.07, 6.45) is 3.00. The summed E-state index contributed by atoms with van der Waals surface area (Å²) in [6, 6.07) is -0.165. The first-order valence-electron chi connectivity index (χ1n) is 7.78. The van der Waals surface area contributed by atoms with Gasteiger partial charge in [0.05, 0.1) is 16.9 Å². The van der Waals surface area contributed by atoms with Gasteiger partial charge < -0.3 is 4.90 Å². The smallest absolute Gasteiger partial charge is 0.311 e. The van der Waals surface area contributed by atoms with E-state index in [9.17, 15) is 8.78 Å². The first kappa shape index (κ1) is 13.8. The molecule has 3 atom stereocenters. The van der Waals surface area contributed by atoms with Crippen LogP contribution in [0.1, 0.15) is 30.5 Å². The first-order chi connectivity index (χ1) is 10.6. The SMILES string of the molecule is Cc1ncc2c(N3CCCCC4C(F)C43)nc(F)nc2c1C. The number of nitrogens with zero attached hydrogens (tertiary/aromatic N) is 4. The third-order valence-corrected chi connectivity index (χ3v) is 5.03. The zero-order valence-corrected chi connectivity index (χ0v) is 12.7. The summed E-state index contributed by atoms with van der Waals surface area (Å²) in [5.41, 5.74) is 2.24. The topological polar surface area (TPSA) is 41.9 Å². The molecule has 3 heterocycles. The molecule has 1 saturated heterocycles. The molecule has 4 nitrogen and oxygen atoms in total. The summed E-state index contributed by atoms with van der Waals surface area (Å²) in [5, 5.41) is 0.712. The van der Waals surface area contributed by atoms with Gasteiger partial charge in [0, 0.05) is 24.4 Å². The van der Waals surface area contributed by atoms with Crippen LogP contribution < -0.4 is 4.90 Å². The minimum absolute atomic E-state index is 0.0649. The van der Waals surface area contributed by atoms with E-state index in [1.807, 2.05) is 18.7 Å². The van der Waals surface area contributed by atoms with Gasteiger partial charge in [-0.2, -0.15) is 9.37 Å². The molecular formula is C16H18F2N4. The highest BCUT2D eigenvalue weighted by molar-refractivity contribution is 5.91. The highest BCUT2D eigenvalue weighted by atomic mass is 19.1. The summed E-state index contributed by atoms with van der Waals surface area (Å²) >= 11 is 0. The lowest BCUT2D eigenvalue weighted by atomic mass is 10.1. The number of aryl methyl sites for hydroxylation is 2. The van der Waals surface area contributed by atoms with Gasteiger partial charge in [-0.25, -0.2) is 9.37 Å². The predicted octanol–water partition coefficient (Wildman–Crippen LogP) is 3.11. The van der Waals surface area contributed by atoms with Crippen molar-refractivity contribution in [1.29, 1.82) is 0 Å². The van der Waals surface area contributed by atoms with Gasteiger partial charge >= 0.3 is 6.08 Å². The van der Waals surface area contributed by atoms with Gasteiger partial charge in [0.2, 0.25) is 0 Å². The van der Waals surface area contributed by atoms with Gasteiger partial charge in [-0.05, 0) is 32.3 Å². The monoisotopic (exact) mass is 304 g/mol. The summed E-state index contributed by atoms with van der Waals surface area (Å²) in [7, 11) is 0. The second-order valence-corrected chi connectivity index (χ2v) is 6.34. The predicted molar refractivity (Wildman–Crippen MR) is 80.1 cm³/mol. The second kappa shape index (κ2) is 4.83. The maximum Gasteiger partial charge on any atom is 0.311 e. The fourth-order valence-corrected chi connectivity index (χ4v) is 3.59. The summed E-state index contributed by atoms with van der Waals surface area (Å²) in [5.74, 6) is 0.560. The molecule has 2 aromatic rings. The van der Waals surface area contributed by atoms with Crippen LogP contribution in [0.5, 0.6) is 0 Å². The van der Waals surface area contributed by atoms with Gasteiger partial charge in [0.1, 0.15) is 12.0 Å². The summed E-state index contributed by atoms with van der Waals surface area (Å²) < 4.78 is 28.0. The van der Waals surface area contributed by atoms with E-state index < -0.39 is 12.2 Å². The number of fused-ring (bicyclic) bond motifs is 2. The average Bonchev–Trinajstić information content (AvgIpc) is 3.18. The van der Waals surface area contributed by atoms with Crippen LogP contribution in [-0.2, 0) is 0 Å². The third-order valence-electron chi connectivity index (χ3n) is 5.03. The molecule has 6 heteroatoms. The first-order valence-corrected chi connectivity index (χ1v) is 7.78. The van der Waals surface area contributed by atoms with Crippen LogP contribution in [-0.4, -0.2) is 33.7 Å². The van der Waals surface area contributed by atoms with Crippen LogP contribution in [0.25, 0.3) is 10.9 Å². The number of anilines is 1. The minimum Gasteiger partial charge on any atom is -0.350 e. The Bertz CT molecular complexity index is 748. The molecule has 1 aliphatic carbocycles. The number of pyridine rings is 1. The van der Waals surface area contributed by atoms with Crippen molar-refractivity contribution in [2.45, 2.75) is 45.3 Å². The Morgan fingerprint density at radius 1 is 1.23 bits per heavy atom. The van der Waals surface area contributed by atoms with Crippen LogP contribution in [0.15, 0.2) is 6.20 Å². The molecule has 0 aromatic carbocycles. The maximum absolute atomic E-state index is 14.0. The van der Waals surface area contributed by atoms with Crippen molar-refractivity contribution < 1.29 is 8.78 Å². The molecule has 2 fully saturated rings. The third kappa shape index (κ3) is 1.96. The van der Waals surface area contributed by atoms with Gasteiger partial charge in [0.15, 0.2) is 0 Å². The van der Waals surface area contributed by atoms with E-state index in [2.05, 4.69) is 15.0 Å². The maximum atomic E-state index is 14.0. The Balaban J connectivity index is 1.89. The quantitative estimate of drug-likeness (QED) is 0.759. The van der Waals surface area contributed by atoms with Gasteiger partial charge in [-0.15, -0.1) is 0 Å². The molecular weight excluding hydrogens is 286 g/mol. The van der Waals surface area contributed by atoms with Crippen molar-refractivity contribution in [3.05, 3.63) is 23.5 Å². The number of hydrogen-bond donors (Lipinski definition) is 0. The van der Waals surface area contributed by atoms with Crippen molar-refractivity contribution in [3.63, 3.8) is 0 Å². The van der Waals surface area contributed by atoms with Gasteiger partial charge in [0.25, 0.3) is 0 Å². The van der Waals surface area contributed by atoms with Gasteiger partial charge in [-0.1, -0.05) is 6.42 Å². The zero-order valence-electron chi connectivity index (χ0n) is 12.7. The molecule has 2 aliphatic rings. The van der Waals surface area contributed by atoms with E-state index in [1.165, 1.54) is 0 Å². The van der Waals surface area contributed by atoms with Crippen LogP contribution in [0.4, 0.5) is 14.6 Å². The number of halogens is 2. The Kier molecular flexibility index (Phi) is 3.03. The Labute approximate surface area is 127 Å². The van der Waals surface area contributed by atoms with Crippen LogP contribution in [0.2, 0.25) is 0 Å². The molecule has 0 bridgehead atoms. The molecule has 0 N–H and O–H groups in total. The lowest BCUT2D eigenvalue weighted by Gasteiger charge is -2.24. The summed E-state index contributed by atoms with van der Waals surface area (Å²) in [4.78, 5) is 14.2. The van der Waals surface area contributed by atoms with E-state index in [0.29, 0.717) is 23.3 Å². The largest absolute Gasteiger partial charge is 0.350 e. The Morgan fingerprint density at radius 3 is 2.86 bits per heavy atom. The lowest BCUT2D eigenvalue weighted by Crippen LogP contribution is -2.30. The normalized spacial score (nSPS) is 27.6. The Hall–Kier alpha value is -1.85. The van der Waals surface area contributed by atoms with Crippen LogP contribution in [0, 0.1) is 25.8 Å². The molecule has 116 valence electrons. The van der Waals surface area contributed by atoms with E-state index in [4.69, 9.17) is 0 Å². The standard InChI is InChI=1S/C16H18F2N4/c1-8-9(2)19-7-11-13(8)20-16(18)21-15(11)22-6-4-3-5-10-12(17)14(10)22/h7,10,12,14H,3-6H2,1-2H3. The van der Waals surface area contributed by atoms with Crippen LogP contribution in [0.3, 0.4) is 0 Å². The highest BCUT2D eigenvalue weighted by Gasteiger charge is 2.55. The summed E-state index contributed by atoms with van der Waals surface area (Å²) in [6.45, 7) is 4.45. The van der Waals surface area contributed by atoms with E-state index in [-0.39, 0.29) is 12.0 Å². The van der Waals surface area contributed by atoms with Crippen molar-refractivity contribution in [1.82, 2.24) is 15.0 Å². The molecule has 0 spiro atoms. The van der Waals surface area contributed by atoms with E-state index >= 15 is 0 Å². The molecule has 0 amide bonds. The molecule has 1 aliphatic heterocycles. The van der Waals surface area contributed by atoms with Gasteiger partial charge in [-0.3, -0.25) is 4.98 Å². The van der Waals surface area contributed by atoms with Crippen molar-refractivity contribution in [2.24, 2.45) is 5.92 Å². The van der Waals surface area contributed by atoms with Crippen molar-refractivity contribution in [3.8, 4) is 0 Å². The Morgan fingerprint density at radius 2 is 2.05 bits per heavy atom. The average molecular weight is 304 g/mol. The fraction of sp³-hybridized carbons (Fsp3) is 0.562. The van der Waals surface area contributed by atoms with E-state index in [1.54, 1.807) is 6.20 Å². The minimum atomic E-state index is -0.826.